The molecule has 2 atom stereocenters. The smallest absolute Gasteiger partial charge is 0.220 e. The molecule has 0 aromatic carbocycles. The highest BCUT2D eigenvalue weighted by Gasteiger charge is 2.22. The highest BCUT2D eigenvalue weighted by Crippen LogP contribution is 2.31. The van der Waals surface area contributed by atoms with Crippen LogP contribution in [0.4, 0.5) is 0 Å². The van der Waals surface area contributed by atoms with Crippen LogP contribution in [-0.4, -0.2) is 19.0 Å². The average molecular weight is 294 g/mol. The molecule has 3 nitrogen and oxygen atoms in total. The summed E-state index contributed by atoms with van der Waals surface area (Å²) in [7, 11) is 0. The molecule has 0 aromatic rings. The molecule has 3 N–H and O–H groups in total. The summed E-state index contributed by atoms with van der Waals surface area (Å²) in [6.45, 7) is 4.06. The summed E-state index contributed by atoms with van der Waals surface area (Å²) in [4.78, 5) is 12.0. The van der Waals surface area contributed by atoms with Crippen molar-refractivity contribution in [1.29, 1.82) is 0 Å². The molecule has 2 saturated carbocycles. The van der Waals surface area contributed by atoms with Crippen LogP contribution >= 0.6 is 0 Å². The molecule has 122 valence electrons. The number of nitrogens with one attached hydrogen (secondary N) is 1. The largest absolute Gasteiger partial charge is 0.356 e. The van der Waals surface area contributed by atoms with Gasteiger partial charge in [-0.2, -0.15) is 0 Å². The van der Waals surface area contributed by atoms with E-state index in [9.17, 15) is 4.79 Å². The van der Waals surface area contributed by atoms with E-state index < -0.39 is 0 Å². The molecule has 0 aliphatic heterocycles. The molecule has 2 aliphatic carbocycles. The van der Waals surface area contributed by atoms with E-state index in [1.807, 2.05) is 0 Å². The van der Waals surface area contributed by atoms with Gasteiger partial charge in [-0.1, -0.05) is 26.2 Å². The lowest BCUT2D eigenvalue weighted by molar-refractivity contribution is -0.122. The zero-order valence-electron chi connectivity index (χ0n) is 13.8. The fourth-order valence-electron chi connectivity index (χ4n) is 4.24. The van der Waals surface area contributed by atoms with Gasteiger partial charge in [-0.15, -0.1) is 0 Å². The summed E-state index contributed by atoms with van der Waals surface area (Å²) < 4.78 is 0. The molecule has 2 aliphatic rings. The molecular weight excluding hydrogens is 260 g/mol. The van der Waals surface area contributed by atoms with E-state index in [0.29, 0.717) is 11.8 Å². The van der Waals surface area contributed by atoms with Crippen molar-refractivity contribution < 1.29 is 4.79 Å². The van der Waals surface area contributed by atoms with Crippen molar-refractivity contribution in [2.45, 2.75) is 71.1 Å². The molecule has 0 radical (unpaired) electrons. The van der Waals surface area contributed by atoms with Gasteiger partial charge in [-0.3, -0.25) is 4.79 Å². The molecule has 2 unspecified atom stereocenters. The predicted molar refractivity (Wildman–Crippen MR) is 87.9 cm³/mol. The van der Waals surface area contributed by atoms with E-state index in [4.69, 9.17) is 5.73 Å². The molecule has 1 amide bonds. The Morgan fingerprint density at radius 2 is 1.76 bits per heavy atom. The van der Waals surface area contributed by atoms with Crippen molar-refractivity contribution in [3.05, 3.63) is 0 Å². The van der Waals surface area contributed by atoms with Crippen molar-refractivity contribution in [2.75, 3.05) is 13.1 Å². The monoisotopic (exact) mass is 294 g/mol. The Hall–Kier alpha value is -0.570. The molecule has 0 heterocycles. The number of hydrogen-bond acceptors (Lipinski definition) is 2. The van der Waals surface area contributed by atoms with Crippen LogP contribution < -0.4 is 11.1 Å². The van der Waals surface area contributed by atoms with Gasteiger partial charge in [-0.25, -0.2) is 0 Å². The minimum Gasteiger partial charge on any atom is -0.356 e. The summed E-state index contributed by atoms with van der Waals surface area (Å²) in [5.74, 6) is 3.31. The van der Waals surface area contributed by atoms with Crippen molar-refractivity contribution in [2.24, 2.45) is 29.4 Å². The molecular formula is C18H34N2O. The predicted octanol–water partition coefficient (Wildman–Crippen LogP) is 3.47. The number of hydrogen-bond donors (Lipinski definition) is 2. The van der Waals surface area contributed by atoms with E-state index in [1.165, 1.54) is 57.8 Å². The lowest BCUT2D eigenvalue weighted by Gasteiger charge is -2.28. The van der Waals surface area contributed by atoms with Crippen LogP contribution in [0, 0.1) is 23.7 Å². The maximum atomic E-state index is 12.0. The molecule has 2 rings (SSSR count). The highest BCUT2D eigenvalue weighted by atomic mass is 16.1. The molecule has 0 saturated heterocycles. The van der Waals surface area contributed by atoms with Crippen LogP contribution in [0.15, 0.2) is 0 Å². The molecule has 0 aromatic heterocycles. The first kappa shape index (κ1) is 16.8. The lowest BCUT2D eigenvalue weighted by atomic mass is 9.80. The second-order valence-corrected chi connectivity index (χ2v) is 7.60. The normalized spacial score (nSPS) is 33.6. The van der Waals surface area contributed by atoms with Crippen LogP contribution in [0.1, 0.15) is 71.1 Å². The standard InChI is InChI=1S/C18H34N2O/c1-14-3-2-4-15(11-14)9-10-20-18(21)12-16-5-7-17(13-19)8-6-16/h14-17H,2-13,19H2,1H3,(H,20,21). The molecule has 0 spiro atoms. The Balaban J connectivity index is 1.55. The van der Waals surface area contributed by atoms with Crippen LogP contribution in [0.25, 0.3) is 0 Å². The Morgan fingerprint density at radius 1 is 1.05 bits per heavy atom. The zero-order valence-corrected chi connectivity index (χ0v) is 13.8. The van der Waals surface area contributed by atoms with Crippen LogP contribution in [0.5, 0.6) is 0 Å². The lowest BCUT2D eigenvalue weighted by Crippen LogP contribution is -2.30. The van der Waals surface area contributed by atoms with Crippen molar-refractivity contribution in [3.63, 3.8) is 0 Å². The van der Waals surface area contributed by atoms with E-state index in [1.54, 1.807) is 0 Å². The Morgan fingerprint density at radius 3 is 2.43 bits per heavy atom. The molecule has 0 bridgehead atoms. The van der Waals surface area contributed by atoms with E-state index in [-0.39, 0.29) is 5.91 Å². The fourth-order valence-corrected chi connectivity index (χ4v) is 4.24. The maximum Gasteiger partial charge on any atom is 0.220 e. The third-order valence-corrected chi connectivity index (χ3v) is 5.69. The van der Waals surface area contributed by atoms with Gasteiger partial charge in [0.05, 0.1) is 0 Å². The molecule has 2 fully saturated rings. The number of carbonyl (C=O) groups excluding carboxylic acids is 1. The van der Waals surface area contributed by atoms with Gasteiger partial charge in [0.25, 0.3) is 0 Å². The van der Waals surface area contributed by atoms with Gasteiger partial charge >= 0.3 is 0 Å². The third kappa shape index (κ3) is 5.98. The van der Waals surface area contributed by atoms with E-state index in [2.05, 4.69) is 12.2 Å². The van der Waals surface area contributed by atoms with Gasteiger partial charge in [-0.05, 0) is 68.7 Å². The second-order valence-electron chi connectivity index (χ2n) is 7.60. The van der Waals surface area contributed by atoms with Crippen molar-refractivity contribution in [3.8, 4) is 0 Å². The summed E-state index contributed by atoms with van der Waals surface area (Å²) in [6, 6.07) is 0. The minimum absolute atomic E-state index is 0.273. The maximum absolute atomic E-state index is 12.0. The van der Waals surface area contributed by atoms with Gasteiger partial charge in [0.2, 0.25) is 5.91 Å². The summed E-state index contributed by atoms with van der Waals surface area (Å²) in [6.07, 6.45) is 12.2. The van der Waals surface area contributed by atoms with E-state index >= 15 is 0 Å². The third-order valence-electron chi connectivity index (χ3n) is 5.69. The zero-order chi connectivity index (χ0) is 15.1. The number of amides is 1. The minimum atomic E-state index is 0.273. The Labute approximate surface area is 130 Å². The van der Waals surface area contributed by atoms with Crippen LogP contribution in [0.3, 0.4) is 0 Å². The first-order valence-corrected chi connectivity index (χ1v) is 9.14. The highest BCUT2D eigenvalue weighted by molar-refractivity contribution is 5.76. The van der Waals surface area contributed by atoms with Crippen molar-refractivity contribution >= 4 is 5.91 Å². The van der Waals surface area contributed by atoms with Crippen molar-refractivity contribution in [1.82, 2.24) is 5.32 Å². The Kier molecular flexibility index (Phi) is 7.01. The van der Waals surface area contributed by atoms with E-state index in [0.717, 1.165) is 31.3 Å². The summed E-state index contributed by atoms with van der Waals surface area (Å²) >= 11 is 0. The quantitative estimate of drug-likeness (QED) is 0.788. The van der Waals surface area contributed by atoms with Crippen LogP contribution in [-0.2, 0) is 4.79 Å². The molecule has 3 heteroatoms. The first-order valence-electron chi connectivity index (χ1n) is 9.14. The van der Waals surface area contributed by atoms with Crippen LogP contribution in [0.2, 0.25) is 0 Å². The molecule has 21 heavy (non-hydrogen) atoms. The van der Waals surface area contributed by atoms with Gasteiger partial charge in [0.1, 0.15) is 0 Å². The van der Waals surface area contributed by atoms with Gasteiger partial charge in [0.15, 0.2) is 0 Å². The average Bonchev–Trinajstić information content (AvgIpc) is 2.48. The van der Waals surface area contributed by atoms with Gasteiger partial charge in [0, 0.05) is 13.0 Å². The first-order chi connectivity index (χ1) is 10.2. The number of rotatable bonds is 6. The topological polar surface area (TPSA) is 55.1 Å². The second kappa shape index (κ2) is 8.77. The summed E-state index contributed by atoms with van der Waals surface area (Å²) in [5, 5.41) is 3.15. The number of nitrogens with two attached hydrogens (primary N) is 1. The summed E-state index contributed by atoms with van der Waals surface area (Å²) in [5.41, 5.74) is 5.72. The fraction of sp³-hybridized carbons (Fsp3) is 0.944. The Bertz CT molecular complexity index is 310. The SMILES string of the molecule is CC1CCCC(CCNC(=O)CC2CCC(CN)CC2)C1. The number of carbonyl (C=O) groups is 1. The van der Waals surface area contributed by atoms with Gasteiger partial charge < -0.3 is 11.1 Å².